The normalized spacial score (nSPS) is 26.8. The largest absolute Gasteiger partial charge is 0.747 e. The number of aliphatic hydroxyl groups is 3. The summed E-state index contributed by atoms with van der Waals surface area (Å²) in [5.74, 6) is -2.22. The van der Waals surface area contributed by atoms with Gasteiger partial charge in [-0.25, -0.2) is 24.0 Å². The third kappa shape index (κ3) is 5.60. The molecule has 6 rings (SSSR count). The quantitative estimate of drug-likeness (QED) is 0.0821. The van der Waals surface area contributed by atoms with Gasteiger partial charge in [0, 0.05) is 17.1 Å². The van der Waals surface area contributed by atoms with E-state index < -0.39 is 82.9 Å². The molecule has 0 spiro atoms. The molecule has 0 amide bonds. The fourth-order valence-corrected chi connectivity index (χ4v) is 6.46. The summed E-state index contributed by atoms with van der Waals surface area (Å²) in [6, 6.07) is -0.986. The highest BCUT2D eigenvalue weighted by Gasteiger charge is 2.49. The Bertz CT molecular complexity index is 1930. The van der Waals surface area contributed by atoms with Gasteiger partial charge in [0.05, 0.1) is 18.5 Å². The van der Waals surface area contributed by atoms with Crippen molar-refractivity contribution in [2.75, 3.05) is 24.7 Å². The number of fused-ring (bicyclic) bond motifs is 2. The topological polar surface area (TPSA) is 344 Å². The van der Waals surface area contributed by atoms with Crippen molar-refractivity contribution in [2.24, 2.45) is 5.92 Å². The Labute approximate surface area is 249 Å². The Hall–Kier alpha value is -4.18. The lowest BCUT2D eigenvalue weighted by atomic mass is 10.1. The summed E-state index contributed by atoms with van der Waals surface area (Å²) in [6.07, 6.45) is -4.02. The van der Waals surface area contributed by atoms with Gasteiger partial charge in [0.2, 0.25) is 17.9 Å². The summed E-state index contributed by atoms with van der Waals surface area (Å²) in [4.78, 5) is 50.4. The van der Waals surface area contributed by atoms with Crippen molar-refractivity contribution >= 4 is 50.2 Å². The van der Waals surface area contributed by atoms with Crippen LogP contribution in [0.1, 0.15) is 18.7 Å². The van der Waals surface area contributed by atoms with E-state index in [0.29, 0.717) is 0 Å². The van der Waals surface area contributed by atoms with Gasteiger partial charge < -0.3 is 41.0 Å². The molecule has 25 heteroatoms. The molecule has 1 fully saturated rings. The lowest BCUT2D eigenvalue weighted by Crippen LogP contribution is -2.33. The number of nitrogens with zero attached hydrogens (tertiary/aromatic N) is 8. The fraction of sp³-hybridized carbons (Fsp3) is 0.450. The first-order chi connectivity index (χ1) is 21.4. The van der Waals surface area contributed by atoms with Crippen LogP contribution in [0, 0.1) is 5.92 Å². The van der Waals surface area contributed by atoms with E-state index in [2.05, 4.69) is 35.2 Å². The second kappa shape index (κ2) is 11.6. The number of ether oxygens (including phenoxy) is 1. The predicted octanol–water partition coefficient (Wildman–Crippen LogP) is -2.30. The van der Waals surface area contributed by atoms with E-state index in [1.54, 1.807) is 0 Å². The van der Waals surface area contributed by atoms with Gasteiger partial charge in [-0.05, 0) is 6.42 Å². The monoisotopic (exact) mass is 672 g/mol. The molecule has 5 heterocycles. The molecule has 2 aliphatic rings. The van der Waals surface area contributed by atoms with Crippen LogP contribution in [0.3, 0.4) is 0 Å². The molecule has 0 bridgehead atoms. The van der Waals surface area contributed by atoms with Crippen LogP contribution in [0.5, 0.6) is 0 Å². The maximum absolute atomic E-state index is 13.2. The SMILES string of the molecule is Nc1nc2c(ncn2[C@@H]2C[C@H](CO)C(O)C2OP(=O)(O)OCC2=C(O[P+](=O)O)C(O)[C@H](n3nnc4c(N)ncnc43)O2)c(=O)[nH]1. The smallest absolute Gasteiger partial charge is 0.463 e. The van der Waals surface area contributed by atoms with Crippen molar-refractivity contribution in [3.63, 3.8) is 0 Å². The highest BCUT2D eigenvalue weighted by atomic mass is 31.2. The molecule has 5 unspecified atom stereocenters. The summed E-state index contributed by atoms with van der Waals surface area (Å²) in [7, 11) is -8.49. The second-order valence-electron chi connectivity index (χ2n) is 9.86. The van der Waals surface area contributed by atoms with E-state index in [9.17, 15) is 39.0 Å². The number of imidazole rings is 1. The molecule has 8 atom stereocenters. The van der Waals surface area contributed by atoms with Gasteiger partial charge in [-0.15, -0.1) is 9.99 Å². The van der Waals surface area contributed by atoms with Crippen molar-refractivity contribution in [2.45, 2.75) is 37.0 Å². The molecule has 0 saturated heterocycles. The van der Waals surface area contributed by atoms with Crippen LogP contribution in [-0.2, 0) is 27.4 Å². The Morgan fingerprint density at radius 1 is 1.20 bits per heavy atom. The number of nitrogen functional groups attached to an aromatic ring is 2. The number of aliphatic hydroxyl groups excluding tert-OH is 3. The van der Waals surface area contributed by atoms with Crippen molar-refractivity contribution < 1.29 is 52.5 Å². The molecule has 23 nitrogen and oxygen atoms in total. The molecule has 45 heavy (non-hydrogen) atoms. The van der Waals surface area contributed by atoms with Crippen molar-refractivity contribution in [3.05, 3.63) is 34.5 Å². The van der Waals surface area contributed by atoms with Crippen LogP contribution in [-0.4, -0.2) is 101 Å². The van der Waals surface area contributed by atoms with E-state index in [-0.39, 0.29) is 40.5 Å². The summed E-state index contributed by atoms with van der Waals surface area (Å²) < 4.78 is 47.8. The maximum Gasteiger partial charge on any atom is 0.747 e. The molecular formula is C20H24N11O12P2+. The molecule has 1 saturated carbocycles. The van der Waals surface area contributed by atoms with E-state index in [1.807, 2.05) is 0 Å². The van der Waals surface area contributed by atoms with Crippen LogP contribution in [0.2, 0.25) is 0 Å². The summed E-state index contributed by atoms with van der Waals surface area (Å²) in [5, 5.41) is 39.2. The Morgan fingerprint density at radius 2 is 1.98 bits per heavy atom. The standard InChI is InChI=1S/C20H23N11O12P2/c21-15-9-16(24-4-23-15)31(29-28-9)19-12(34)14(42-44(36)37)8(41-19)3-40-45(38,39)43-13-7(1-6(2-32)11(13)33)30-5-25-10-17(30)26-20(22)27-18(10)35/h4-7,11-13,19,32-34H,1-3H2,(H6-,21,22,23,24,26,27,29,35,36,37,38,39)/p+1/t6-,7-,11?,12?,13?,19-/m1/s1. The van der Waals surface area contributed by atoms with E-state index >= 15 is 0 Å². The van der Waals surface area contributed by atoms with Gasteiger partial charge in [0.25, 0.3) is 5.56 Å². The van der Waals surface area contributed by atoms with E-state index in [1.165, 1.54) is 10.9 Å². The lowest BCUT2D eigenvalue weighted by Gasteiger charge is -2.26. The first-order valence-corrected chi connectivity index (χ1v) is 15.4. The number of phosphoric ester groups is 1. The molecule has 240 valence electrons. The molecular weight excluding hydrogens is 648 g/mol. The number of rotatable bonds is 10. The van der Waals surface area contributed by atoms with E-state index in [4.69, 9.17) is 29.8 Å². The van der Waals surface area contributed by atoms with Crippen LogP contribution < -0.4 is 17.0 Å². The lowest BCUT2D eigenvalue weighted by molar-refractivity contribution is -0.0255. The second-order valence-corrected chi connectivity index (χ2v) is 11.9. The number of hydrogen-bond acceptors (Lipinski definition) is 18. The highest BCUT2D eigenvalue weighted by Crippen LogP contribution is 2.52. The summed E-state index contributed by atoms with van der Waals surface area (Å²) in [6.45, 7) is -1.48. The molecule has 0 aromatic carbocycles. The third-order valence-corrected chi connectivity index (χ3v) is 8.50. The van der Waals surface area contributed by atoms with Crippen LogP contribution in [0.25, 0.3) is 22.3 Å². The molecule has 1 aliphatic heterocycles. The number of phosphoric acid groups is 1. The number of aromatic nitrogens is 9. The Balaban J connectivity index is 1.24. The highest BCUT2D eigenvalue weighted by molar-refractivity contribution is 7.47. The maximum atomic E-state index is 13.2. The summed E-state index contributed by atoms with van der Waals surface area (Å²) >= 11 is 0. The Kier molecular flexibility index (Phi) is 7.97. The zero-order valence-corrected chi connectivity index (χ0v) is 24.2. The minimum atomic E-state index is -5.14. The number of hydrogen-bond donors (Lipinski definition) is 8. The van der Waals surface area contributed by atoms with Crippen LogP contribution in [0.15, 0.2) is 29.0 Å². The number of nitrogens with two attached hydrogens (primary N) is 2. The molecule has 4 aromatic heterocycles. The first-order valence-electron chi connectivity index (χ1n) is 12.8. The average molecular weight is 672 g/mol. The van der Waals surface area contributed by atoms with Crippen molar-refractivity contribution in [3.8, 4) is 0 Å². The molecule has 4 aromatic rings. The average Bonchev–Trinajstić information content (AvgIpc) is 3.73. The number of H-pyrrole nitrogens is 1. The Morgan fingerprint density at radius 3 is 2.71 bits per heavy atom. The van der Waals surface area contributed by atoms with Gasteiger partial charge in [-0.2, -0.15) is 9.67 Å². The van der Waals surface area contributed by atoms with Crippen LogP contribution in [0.4, 0.5) is 11.8 Å². The third-order valence-electron chi connectivity index (χ3n) is 7.18. The zero-order valence-electron chi connectivity index (χ0n) is 22.5. The number of aromatic amines is 1. The molecule has 10 N–H and O–H groups in total. The van der Waals surface area contributed by atoms with Crippen LogP contribution >= 0.6 is 16.1 Å². The first kappa shape index (κ1) is 30.8. The minimum Gasteiger partial charge on any atom is -0.463 e. The van der Waals surface area contributed by atoms with Crippen molar-refractivity contribution in [1.82, 2.24) is 44.5 Å². The fourth-order valence-electron chi connectivity index (χ4n) is 5.17. The van der Waals surface area contributed by atoms with Gasteiger partial charge in [0.15, 0.2) is 40.0 Å². The van der Waals surface area contributed by atoms with Gasteiger partial charge in [-0.1, -0.05) is 5.21 Å². The van der Waals surface area contributed by atoms with Gasteiger partial charge >= 0.3 is 16.1 Å². The van der Waals surface area contributed by atoms with E-state index in [0.717, 1.165) is 11.0 Å². The summed E-state index contributed by atoms with van der Waals surface area (Å²) in [5.41, 5.74) is 10.7. The van der Waals surface area contributed by atoms with Crippen molar-refractivity contribution in [1.29, 1.82) is 0 Å². The molecule has 1 aliphatic carbocycles. The zero-order chi connectivity index (χ0) is 32.2. The molecule has 0 radical (unpaired) electrons. The van der Waals surface area contributed by atoms with Gasteiger partial charge in [-0.3, -0.25) is 18.8 Å². The number of nitrogens with one attached hydrogen (secondary N) is 1. The van der Waals surface area contributed by atoms with Gasteiger partial charge in [0.1, 0.15) is 19.0 Å². The number of anilines is 2. The minimum absolute atomic E-state index is 0.00574. The predicted molar refractivity (Wildman–Crippen MR) is 145 cm³/mol.